The van der Waals surface area contributed by atoms with Gasteiger partial charge in [0.05, 0.1) is 33.3 Å². The maximum absolute atomic E-state index is 10.9. The van der Waals surface area contributed by atoms with Gasteiger partial charge in [0.1, 0.15) is 0 Å². The number of carboxylic acids is 2. The lowest BCUT2D eigenvalue weighted by Crippen LogP contribution is -2.19. The number of hydrogen-bond acceptors (Lipinski definition) is 4. The number of aliphatic carboxylic acids is 2. The summed E-state index contributed by atoms with van der Waals surface area (Å²) in [6.45, 7) is 6.73. The molecule has 0 saturated carbocycles. The van der Waals surface area contributed by atoms with Crippen LogP contribution < -0.4 is 9.80 Å². The Hall–Kier alpha value is -2.96. The molecule has 8 heteroatoms. The van der Waals surface area contributed by atoms with E-state index in [1.807, 2.05) is 24.3 Å². The molecule has 2 unspecified atom stereocenters. The number of halogens is 2. The van der Waals surface area contributed by atoms with Crippen LogP contribution in [0, 0.1) is 0 Å². The van der Waals surface area contributed by atoms with Crippen molar-refractivity contribution in [3.8, 4) is 0 Å². The van der Waals surface area contributed by atoms with Crippen molar-refractivity contribution in [3.05, 3.63) is 81.9 Å². The first-order chi connectivity index (χ1) is 16.2. The second-order valence-corrected chi connectivity index (χ2v) is 9.11. The van der Waals surface area contributed by atoms with Crippen molar-refractivity contribution in [3.63, 3.8) is 0 Å². The normalized spacial score (nSPS) is 16.2. The Morgan fingerprint density at radius 1 is 0.706 bits per heavy atom. The Kier molecular flexibility index (Phi) is 8.64. The van der Waals surface area contributed by atoms with Gasteiger partial charge in [-0.1, -0.05) is 59.6 Å². The highest BCUT2D eigenvalue weighted by atomic mass is 35.5. The number of carboxylic acid groups (broad SMARTS) is 2. The molecule has 0 aromatic heterocycles. The van der Waals surface area contributed by atoms with Gasteiger partial charge in [0.25, 0.3) is 0 Å². The molecule has 2 heterocycles. The van der Waals surface area contributed by atoms with Crippen LogP contribution >= 0.6 is 23.2 Å². The van der Waals surface area contributed by atoms with E-state index in [4.69, 9.17) is 33.4 Å². The predicted octanol–water partition coefficient (Wildman–Crippen LogP) is 5.81. The molecule has 0 spiro atoms. The maximum atomic E-state index is 10.9. The summed E-state index contributed by atoms with van der Waals surface area (Å²) in [5, 5.41) is 19.1. The summed E-state index contributed by atoms with van der Waals surface area (Å²) < 4.78 is 0. The van der Waals surface area contributed by atoms with Crippen molar-refractivity contribution in [2.24, 2.45) is 0 Å². The summed E-state index contributed by atoms with van der Waals surface area (Å²) in [7, 11) is 0. The van der Waals surface area contributed by atoms with Crippen molar-refractivity contribution in [1.29, 1.82) is 0 Å². The van der Waals surface area contributed by atoms with Crippen LogP contribution in [0.1, 0.15) is 36.8 Å². The molecule has 0 fully saturated rings. The summed E-state index contributed by atoms with van der Waals surface area (Å²) in [6, 6.07) is 10.9. The molecule has 2 aliphatic rings. The molecule has 0 saturated heterocycles. The van der Waals surface area contributed by atoms with E-state index in [1.54, 1.807) is 26.0 Å². The highest BCUT2D eigenvalue weighted by Crippen LogP contribution is 2.31. The minimum atomic E-state index is -0.836. The van der Waals surface area contributed by atoms with Gasteiger partial charge in [-0.2, -0.15) is 0 Å². The van der Waals surface area contributed by atoms with Crippen LogP contribution in [-0.2, 0) is 9.59 Å². The van der Waals surface area contributed by atoms with Crippen molar-refractivity contribution in [1.82, 2.24) is 0 Å². The fourth-order valence-corrected chi connectivity index (χ4v) is 4.35. The summed E-state index contributed by atoms with van der Waals surface area (Å²) in [5.74, 6) is -2.73. The maximum Gasteiger partial charge on any atom is 0.310 e. The minimum absolute atomic E-state index is 0.529. The van der Waals surface area contributed by atoms with E-state index in [2.05, 4.69) is 34.1 Å². The van der Waals surface area contributed by atoms with Gasteiger partial charge < -0.3 is 20.0 Å². The summed E-state index contributed by atoms with van der Waals surface area (Å²) >= 11 is 12.4. The van der Waals surface area contributed by atoms with E-state index in [-0.39, 0.29) is 0 Å². The zero-order chi connectivity index (χ0) is 24.8. The van der Waals surface area contributed by atoms with Crippen LogP contribution in [0.5, 0.6) is 0 Å². The summed E-state index contributed by atoms with van der Waals surface area (Å²) in [5.41, 5.74) is 3.38. The molecule has 0 amide bonds. The molecule has 34 heavy (non-hydrogen) atoms. The quantitative estimate of drug-likeness (QED) is 0.485. The molecule has 0 bridgehead atoms. The topological polar surface area (TPSA) is 81.1 Å². The van der Waals surface area contributed by atoms with E-state index in [0.717, 1.165) is 48.7 Å². The van der Waals surface area contributed by atoms with E-state index in [9.17, 15) is 9.59 Å². The first-order valence-corrected chi connectivity index (χ1v) is 11.8. The van der Waals surface area contributed by atoms with E-state index in [1.165, 1.54) is 0 Å². The molecular weight excluding hydrogens is 475 g/mol. The van der Waals surface area contributed by atoms with Crippen LogP contribution in [0.4, 0.5) is 11.4 Å². The number of benzene rings is 2. The Balaban J connectivity index is 0.000000191. The first kappa shape index (κ1) is 25.7. The Morgan fingerprint density at radius 3 is 1.29 bits per heavy atom. The lowest BCUT2D eigenvalue weighted by molar-refractivity contribution is -0.139. The van der Waals surface area contributed by atoms with Crippen molar-refractivity contribution >= 4 is 46.5 Å². The molecule has 2 aliphatic heterocycles. The van der Waals surface area contributed by atoms with Gasteiger partial charge in [0, 0.05) is 26.2 Å². The van der Waals surface area contributed by atoms with Crippen molar-refractivity contribution in [2.45, 2.75) is 25.7 Å². The number of anilines is 2. The number of hydrogen-bond donors (Lipinski definition) is 2. The third-order valence-corrected chi connectivity index (χ3v) is 6.61. The van der Waals surface area contributed by atoms with Crippen molar-refractivity contribution < 1.29 is 19.8 Å². The lowest BCUT2D eigenvalue weighted by Gasteiger charge is -2.20. The molecule has 4 rings (SSSR count). The van der Waals surface area contributed by atoms with Gasteiger partial charge in [-0.25, -0.2) is 0 Å². The van der Waals surface area contributed by atoms with Crippen LogP contribution in [0.3, 0.4) is 0 Å². The van der Waals surface area contributed by atoms with Crippen LogP contribution in [0.25, 0.3) is 0 Å². The largest absolute Gasteiger partial charge is 0.481 e. The first-order valence-electron chi connectivity index (χ1n) is 11.0. The average molecular weight is 503 g/mol. The molecule has 2 aromatic rings. The van der Waals surface area contributed by atoms with E-state index in [0.29, 0.717) is 10.0 Å². The third kappa shape index (κ3) is 6.13. The van der Waals surface area contributed by atoms with Gasteiger partial charge in [0.15, 0.2) is 0 Å². The predicted molar refractivity (Wildman–Crippen MR) is 138 cm³/mol. The van der Waals surface area contributed by atoms with Gasteiger partial charge in [-0.05, 0) is 49.2 Å². The monoisotopic (exact) mass is 502 g/mol. The number of carbonyl (C=O) groups is 2. The van der Waals surface area contributed by atoms with Gasteiger partial charge in [0.2, 0.25) is 0 Å². The second kappa shape index (κ2) is 11.4. The Labute approximate surface area is 209 Å². The lowest BCUT2D eigenvalue weighted by atomic mass is 10.0. The SMILES string of the molecule is CC(C(=O)O)c1ccc(N2CC=CC2)c(Cl)c1.CC(C(=O)O)c1ccc(N2CC=CC2)c(Cl)c1. The molecule has 0 aliphatic carbocycles. The Morgan fingerprint density at radius 2 is 1.03 bits per heavy atom. The highest BCUT2D eigenvalue weighted by molar-refractivity contribution is 6.33. The fourth-order valence-electron chi connectivity index (χ4n) is 3.73. The molecule has 180 valence electrons. The third-order valence-electron chi connectivity index (χ3n) is 6.00. The molecule has 2 N–H and O–H groups in total. The minimum Gasteiger partial charge on any atom is -0.481 e. The van der Waals surface area contributed by atoms with Crippen LogP contribution in [0.2, 0.25) is 10.0 Å². The zero-order valence-electron chi connectivity index (χ0n) is 19.1. The summed E-state index contributed by atoms with van der Waals surface area (Å²) in [6.07, 6.45) is 8.35. The summed E-state index contributed by atoms with van der Waals surface area (Å²) in [4.78, 5) is 26.1. The van der Waals surface area contributed by atoms with Gasteiger partial charge in [-0.3, -0.25) is 9.59 Å². The number of nitrogens with zero attached hydrogens (tertiary/aromatic N) is 2. The van der Waals surface area contributed by atoms with Gasteiger partial charge >= 0.3 is 11.9 Å². The second-order valence-electron chi connectivity index (χ2n) is 8.29. The number of rotatable bonds is 6. The molecule has 2 atom stereocenters. The van der Waals surface area contributed by atoms with Crippen LogP contribution in [0.15, 0.2) is 60.7 Å². The molecule has 0 radical (unpaired) electrons. The molecular formula is C26H28Cl2N2O4. The molecule has 2 aromatic carbocycles. The van der Waals surface area contributed by atoms with E-state index >= 15 is 0 Å². The van der Waals surface area contributed by atoms with Crippen LogP contribution in [-0.4, -0.2) is 48.3 Å². The van der Waals surface area contributed by atoms with Gasteiger partial charge in [-0.15, -0.1) is 0 Å². The smallest absolute Gasteiger partial charge is 0.310 e. The Bertz CT molecular complexity index is 1010. The highest BCUT2D eigenvalue weighted by Gasteiger charge is 2.18. The van der Waals surface area contributed by atoms with E-state index < -0.39 is 23.8 Å². The zero-order valence-corrected chi connectivity index (χ0v) is 20.6. The molecule has 6 nitrogen and oxygen atoms in total. The average Bonchev–Trinajstić information content (AvgIpc) is 3.53. The fraction of sp³-hybridized carbons (Fsp3) is 0.308. The van der Waals surface area contributed by atoms with Crippen molar-refractivity contribution in [2.75, 3.05) is 36.0 Å². The standard InChI is InChI=1S/2C13H14ClNO2/c2*1-9(13(16)17)10-4-5-12(11(14)8-10)15-6-2-3-7-15/h2*2-5,8-9H,6-7H2,1H3,(H,16,17).